The molecule has 96 valence electrons. The minimum absolute atomic E-state index is 0.240. The molecule has 1 aromatic heterocycles. The molecule has 0 saturated heterocycles. The molecule has 0 atom stereocenters. The van der Waals surface area contributed by atoms with Gasteiger partial charge in [0.25, 0.3) is 0 Å². The van der Waals surface area contributed by atoms with Gasteiger partial charge in [-0.25, -0.2) is 9.78 Å². The van der Waals surface area contributed by atoms with E-state index >= 15 is 0 Å². The van der Waals surface area contributed by atoms with Crippen molar-refractivity contribution in [1.29, 1.82) is 5.26 Å². The average molecular weight is 272 g/mol. The van der Waals surface area contributed by atoms with Crippen LogP contribution in [0.5, 0.6) is 0 Å². The van der Waals surface area contributed by atoms with Crippen molar-refractivity contribution in [1.82, 2.24) is 4.98 Å². The lowest BCUT2D eigenvalue weighted by molar-refractivity contribution is 0.0526. The molecule has 4 nitrogen and oxygen atoms in total. The maximum Gasteiger partial charge on any atom is 0.367 e. The largest absolute Gasteiger partial charge is 0.461 e. The van der Waals surface area contributed by atoms with Gasteiger partial charge < -0.3 is 4.74 Å². The number of thiazole rings is 1. The van der Waals surface area contributed by atoms with Gasteiger partial charge in [-0.1, -0.05) is 30.3 Å². The van der Waals surface area contributed by atoms with Crippen LogP contribution in [0.15, 0.2) is 30.3 Å². The molecule has 0 aliphatic rings. The monoisotopic (exact) mass is 272 g/mol. The number of hydrogen-bond donors (Lipinski definition) is 0. The molecule has 1 heterocycles. The maximum atomic E-state index is 11.6. The standard InChI is InChI=1S/C14H12N2O2S/c1-2-18-14(17)13-16-11(9-15)12(19-13)8-10-6-4-3-5-7-10/h3-7H,2,8H2,1H3. The van der Waals surface area contributed by atoms with Crippen molar-refractivity contribution < 1.29 is 9.53 Å². The molecule has 0 amide bonds. The highest BCUT2D eigenvalue weighted by molar-refractivity contribution is 7.13. The molecule has 0 aliphatic heterocycles. The molecule has 0 spiro atoms. The van der Waals surface area contributed by atoms with E-state index in [-0.39, 0.29) is 5.01 Å². The Morgan fingerprint density at radius 1 is 1.42 bits per heavy atom. The second-order valence-electron chi connectivity index (χ2n) is 3.79. The van der Waals surface area contributed by atoms with Crippen molar-refractivity contribution in [3.05, 3.63) is 51.5 Å². The first-order valence-corrected chi connectivity index (χ1v) is 6.67. The molecule has 0 unspecified atom stereocenters. The fourth-order valence-electron chi connectivity index (χ4n) is 1.62. The summed E-state index contributed by atoms with van der Waals surface area (Å²) in [5.74, 6) is -0.469. The molecular formula is C14H12N2O2S. The number of nitrogens with zero attached hydrogens (tertiary/aromatic N) is 2. The fraction of sp³-hybridized carbons (Fsp3) is 0.214. The molecule has 2 aromatic rings. The highest BCUT2D eigenvalue weighted by atomic mass is 32.1. The van der Waals surface area contributed by atoms with E-state index in [1.165, 1.54) is 11.3 Å². The van der Waals surface area contributed by atoms with E-state index in [4.69, 9.17) is 10.00 Å². The summed E-state index contributed by atoms with van der Waals surface area (Å²) < 4.78 is 4.89. The summed E-state index contributed by atoms with van der Waals surface area (Å²) in [5.41, 5.74) is 1.38. The Morgan fingerprint density at radius 3 is 2.79 bits per heavy atom. The van der Waals surface area contributed by atoms with Crippen LogP contribution in [0.1, 0.15) is 32.9 Å². The molecule has 1 aromatic carbocycles. The molecule has 0 saturated carbocycles. The summed E-state index contributed by atoms with van der Waals surface area (Å²) in [4.78, 5) is 16.4. The van der Waals surface area contributed by atoms with Crippen molar-refractivity contribution >= 4 is 17.3 Å². The zero-order valence-corrected chi connectivity index (χ0v) is 11.2. The zero-order valence-electron chi connectivity index (χ0n) is 10.4. The third-order valence-electron chi connectivity index (χ3n) is 2.46. The van der Waals surface area contributed by atoms with Crippen molar-refractivity contribution in [2.75, 3.05) is 6.61 Å². The number of ether oxygens (including phenoxy) is 1. The second kappa shape index (κ2) is 6.12. The molecule has 2 rings (SSSR count). The smallest absolute Gasteiger partial charge is 0.367 e. The van der Waals surface area contributed by atoms with E-state index in [2.05, 4.69) is 4.98 Å². The van der Waals surface area contributed by atoms with Crippen LogP contribution in [-0.2, 0) is 11.2 Å². The normalized spacial score (nSPS) is 9.89. The first kappa shape index (κ1) is 13.2. The zero-order chi connectivity index (χ0) is 13.7. The number of carbonyl (C=O) groups excluding carboxylic acids is 1. The second-order valence-corrected chi connectivity index (χ2v) is 4.87. The van der Waals surface area contributed by atoms with E-state index in [9.17, 15) is 4.79 Å². The molecule has 19 heavy (non-hydrogen) atoms. The van der Waals surface area contributed by atoms with Gasteiger partial charge in [-0.3, -0.25) is 0 Å². The number of carbonyl (C=O) groups is 1. The number of hydrogen-bond acceptors (Lipinski definition) is 5. The Bertz CT molecular complexity index is 614. The summed E-state index contributed by atoms with van der Waals surface area (Å²) >= 11 is 1.22. The van der Waals surface area contributed by atoms with E-state index in [0.717, 1.165) is 10.4 Å². The number of rotatable bonds is 4. The molecule has 5 heteroatoms. The van der Waals surface area contributed by atoms with Gasteiger partial charge in [0.1, 0.15) is 6.07 Å². The highest BCUT2D eigenvalue weighted by Crippen LogP contribution is 2.22. The molecule has 0 fully saturated rings. The van der Waals surface area contributed by atoms with Crippen molar-refractivity contribution in [2.45, 2.75) is 13.3 Å². The van der Waals surface area contributed by atoms with Gasteiger partial charge in [-0.2, -0.15) is 5.26 Å². The predicted molar refractivity (Wildman–Crippen MR) is 72.0 cm³/mol. The Hall–Kier alpha value is -2.19. The minimum Gasteiger partial charge on any atom is -0.461 e. The first-order chi connectivity index (χ1) is 9.24. The summed E-state index contributed by atoms with van der Waals surface area (Å²) in [5, 5.41) is 9.30. The lowest BCUT2D eigenvalue weighted by Crippen LogP contribution is -2.03. The number of esters is 1. The lowest BCUT2D eigenvalue weighted by Gasteiger charge is -1.97. The van der Waals surface area contributed by atoms with E-state index in [0.29, 0.717) is 18.7 Å². The summed E-state index contributed by atoms with van der Waals surface area (Å²) in [7, 11) is 0. The third-order valence-corrected chi connectivity index (χ3v) is 3.50. The van der Waals surface area contributed by atoms with Crippen LogP contribution in [-0.4, -0.2) is 17.6 Å². The van der Waals surface area contributed by atoms with Crippen LogP contribution >= 0.6 is 11.3 Å². The van der Waals surface area contributed by atoms with Crippen LogP contribution in [0.4, 0.5) is 0 Å². The Balaban J connectivity index is 2.26. The van der Waals surface area contributed by atoms with E-state index < -0.39 is 5.97 Å². The third kappa shape index (κ3) is 3.18. The molecule has 0 N–H and O–H groups in total. The predicted octanol–water partition coefficient (Wildman–Crippen LogP) is 2.78. The topological polar surface area (TPSA) is 63.0 Å². The fourth-order valence-corrected chi connectivity index (χ4v) is 2.56. The van der Waals surface area contributed by atoms with Crippen LogP contribution in [0.25, 0.3) is 0 Å². The van der Waals surface area contributed by atoms with Gasteiger partial charge in [0.05, 0.1) is 6.61 Å². The first-order valence-electron chi connectivity index (χ1n) is 5.85. The van der Waals surface area contributed by atoms with Gasteiger partial charge in [-0.15, -0.1) is 11.3 Å². The summed E-state index contributed by atoms with van der Waals surface area (Å²) in [6, 6.07) is 11.8. The van der Waals surface area contributed by atoms with Gasteiger partial charge >= 0.3 is 5.97 Å². The van der Waals surface area contributed by atoms with Crippen LogP contribution in [0.3, 0.4) is 0 Å². The number of benzene rings is 1. The maximum absolute atomic E-state index is 11.6. The van der Waals surface area contributed by atoms with E-state index in [1.54, 1.807) is 6.92 Å². The molecule has 0 aliphatic carbocycles. The lowest BCUT2D eigenvalue weighted by atomic mass is 10.1. The van der Waals surface area contributed by atoms with Crippen LogP contribution in [0.2, 0.25) is 0 Å². The van der Waals surface area contributed by atoms with Gasteiger partial charge in [-0.05, 0) is 12.5 Å². The Kier molecular flexibility index (Phi) is 4.26. The van der Waals surface area contributed by atoms with Gasteiger partial charge in [0.2, 0.25) is 5.01 Å². The highest BCUT2D eigenvalue weighted by Gasteiger charge is 2.17. The number of aromatic nitrogens is 1. The number of nitriles is 1. The Morgan fingerprint density at radius 2 is 2.16 bits per heavy atom. The summed E-state index contributed by atoms with van der Waals surface area (Å²) in [6.45, 7) is 2.04. The Labute approximate surface area is 115 Å². The SMILES string of the molecule is CCOC(=O)c1nc(C#N)c(Cc2ccccc2)s1. The summed E-state index contributed by atoms with van der Waals surface area (Å²) in [6.07, 6.45) is 0.598. The van der Waals surface area contributed by atoms with Gasteiger partial charge in [0.15, 0.2) is 5.69 Å². The molecule has 0 radical (unpaired) electrons. The van der Waals surface area contributed by atoms with Crippen molar-refractivity contribution in [3.8, 4) is 6.07 Å². The minimum atomic E-state index is -0.469. The van der Waals surface area contributed by atoms with Crippen LogP contribution < -0.4 is 0 Å². The van der Waals surface area contributed by atoms with E-state index in [1.807, 2.05) is 36.4 Å². The van der Waals surface area contributed by atoms with Crippen molar-refractivity contribution in [3.63, 3.8) is 0 Å². The quantitative estimate of drug-likeness (QED) is 0.803. The molecular weight excluding hydrogens is 260 g/mol. The van der Waals surface area contributed by atoms with Crippen LogP contribution in [0, 0.1) is 11.3 Å². The van der Waals surface area contributed by atoms with Gasteiger partial charge in [0, 0.05) is 11.3 Å². The molecule has 0 bridgehead atoms. The van der Waals surface area contributed by atoms with Crippen molar-refractivity contribution in [2.24, 2.45) is 0 Å². The average Bonchev–Trinajstić information content (AvgIpc) is 2.83.